The third-order valence-electron chi connectivity index (χ3n) is 2.76. The fraction of sp³-hybridized carbons (Fsp3) is 0.500. The van der Waals surface area contributed by atoms with Gasteiger partial charge in [-0.25, -0.2) is 0 Å². The minimum absolute atomic E-state index is 0. The highest BCUT2D eigenvalue weighted by atomic mass is 127. The maximum atomic E-state index is 5.78. The summed E-state index contributed by atoms with van der Waals surface area (Å²) in [6.45, 7) is 8.03. The minimum atomic E-state index is 0. The van der Waals surface area contributed by atoms with Crippen LogP contribution in [0.2, 0.25) is 0 Å². The Bertz CT molecular complexity index is 361. The summed E-state index contributed by atoms with van der Waals surface area (Å²) in [6, 6.07) is 10.4. The first-order valence-electron chi connectivity index (χ1n) is 6.15. The summed E-state index contributed by atoms with van der Waals surface area (Å²) < 4.78 is 0. The van der Waals surface area contributed by atoms with Crippen LogP contribution < -0.4 is 11.1 Å². The molecule has 102 valence electrons. The molecule has 0 aliphatic carbocycles. The standard InChI is InChI=1S/C14H23N3.HI/c1-4-10-16-13(15)17-11-14(2,3)12-8-6-5-7-9-12;/h5-9H,4,10-11H2,1-3H3,(H3,15,16,17);1H. The largest absolute Gasteiger partial charge is 0.370 e. The van der Waals surface area contributed by atoms with Crippen molar-refractivity contribution < 1.29 is 0 Å². The van der Waals surface area contributed by atoms with Crippen molar-refractivity contribution in [2.75, 3.05) is 13.1 Å². The second kappa shape index (κ2) is 8.34. The maximum Gasteiger partial charge on any atom is 0.188 e. The topological polar surface area (TPSA) is 50.4 Å². The summed E-state index contributed by atoms with van der Waals surface area (Å²) in [6.07, 6.45) is 1.05. The first-order valence-corrected chi connectivity index (χ1v) is 6.15. The van der Waals surface area contributed by atoms with Crippen LogP contribution in [0.25, 0.3) is 0 Å². The van der Waals surface area contributed by atoms with Gasteiger partial charge in [0.15, 0.2) is 5.96 Å². The predicted molar refractivity (Wildman–Crippen MR) is 89.7 cm³/mol. The van der Waals surface area contributed by atoms with Gasteiger partial charge in [0.05, 0.1) is 6.54 Å². The molecule has 0 radical (unpaired) electrons. The van der Waals surface area contributed by atoms with E-state index in [4.69, 9.17) is 5.73 Å². The number of nitrogens with two attached hydrogens (primary N) is 1. The molecule has 1 aromatic rings. The van der Waals surface area contributed by atoms with Crippen LogP contribution in [0.4, 0.5) is 0 Å². The summed E-state index contributed by atoms with van der Waals surface area (Å²) in [5, 5.41) is 3.08. The molecule has 0 saturated heterocycles. The lowest BCUT2D eigenvalue weighted by Crippen LogP contribution is -2.34. The number of hydrogen-bond donors (Lipinski definition) is 2. The van der Waals surface area contributed by atoms with E-state index in [2.05, 4.69) is 55.3 Å². The first-order chi connectivity index (χ1) is 8.06. The quantitative estimate of drug-likeness (QED) is 0.481. The molecule has 0 unspecified atom stereocenters. The molecule has 0 spiro atoms. The molecular weight excluding hydrogens is 337 g/mol. The Hall–Kier alpha value is -0.780. The molecule has 0 aliphatic heterocycles. The zero-order chi connectivity index (χ0) is 12.7. The van der Waals surface area contributed by atoms with Crippen LogP contribution in [-0.2, 0) is 5.41 Å². The second-order valence-electron chi connectivity index (χ2n) is 4.88. The third kappa shape index (κ3) is 5.71. The van der Waals surface area contributed by atoms with Crippen molar-refractivity contribution in [2.45, 2.75) is 32.6 Å². The number of hydrogen-bond acceptors (Lipinski definition) is 1. The first kappa shape index (κ1) is 17.2. The van der Waals surface area contributed by atoms with E-state index in [0.717, 1.165) is 13.0 Å². The van der Waals surface area contributed by atoms with Crippen molar-refractivity contribution in [3.63, 3.8) is 0 Å². The normalized spacial score (nSPS) is 11.8. The van der Waals surface area contributed by atoms with E-state index in [9.17, 15) is 0 Å². The number of nitrogens with zero attached hydrogens (tertiary/aromatic N) is 1. The van der Waals surface area contributed by atoms with Crippen LogP contribution in [0.5, 0.6) is 0 Å². The highest BCUT2D eigenvalue weighted by Crippen LogP contribution is 2.22. The van der Waals surface area contributed by atoms with Crippen LogP contribution in [0.15, 0.2) is 35.3 Å². The van der Waals surface area contributed by atoms with Crippen LogP contribution in [0, 0.1) is 0 Å². The van der Waals surface area contributed by atoms with Gasteiger partial charge in [0, 0.05) is 12.0 Å². The number of aliphatic imine (C=N–C) groups is 1. The van der Waals surface area contributed by atoms with Gasteiger partial charge in [-0.2, -0.15) is 0 Å². The van der Waals surface area contributed by atoms with Crippen molar-refractivity contribution in [3.8, 4) is 0 Å². The van der Waals surface area contributed by atoms with Crippen LogP contribution >= 0.6 is 24.0 Å². The molecule has 3 nitrogen and oxygen atoms in total. The van der Waals surface area contributed by atoms with Gasteiger partial charge in [0.2, 0.25) is 0 Å². The van der Waals surface area contributed by atoms with Crippen molar-refractivity contribution in [2.24, 2.45) is 10.7 Å². The molecule has 0 amide bonds. The van der Waals surface area contributed by atoms with E-state index in [0.29, 0.717) is 12.5 Å². The van der Waals surface area contributed by atoms with Gasteiger partial charge in [0.1, 0.15) is 0 Å². The SMILES string of the molecule is CCCNC(N)=NCC(C)(C)c1ccccc1.I. The third-order valence-corrected chi connectivity index (χ3v) is 2.76. The van der Waals surface area contributed by atoms with Gasteiger partial charge in [0.25, 0.3) is 0 Å². The number of rotatable bonds is 5. The van der Waals surface area contributed by atoms with E-state index in [1.165, 1.54) is 5.56 Å². The summed E-state index contributed by atoms with van der Waals surface area (Å²) in [4.78, 5) is 4.39. The molecule has 1 rings (SSSR count). The van der Waals surface area contributed by atoms with Gasteiger partial charge in [-0.1, -0.05) is 51.1 Å². The molecule has 3 N–H and O–H groups in total. The second-order valence-corrected chi connectivity index (χ2v) is 4.88. The molecule has 0 heterocycles. The Labute approximate surface area is 127 Å². The molecule has 18 heavy (non-hydrogen) atoms. The lowest BCUT2D eigenvalue weighted by molar-refractivity contribution is 0.538. The Morgan fingerprint density at radius 3 is 2.44 bits per heavy atom. The molecule has 0 aromatic heterocycles. The van der Waals surface area contributed by atoms with Crippen LogP contribution in [0.3, 0.4) is 0 Å². The smallest absolute Gasteiger partial charge is 0.188 e. The minimum Gasteiger partial charge on any atom is -0.370 e. The van der Waals surface area contributed by atoms with E-state index in [1.807, 2.05) is 6.07 Å². The summed E-state index contributed by atoms with van der Waals surface area (Å²) in [5.41, 5.74) is 7.08. The average Bonchev–Trinajstić information content (AvgIpc) is 2.35. The Morgan fingerprint density at radius 2 is 1.89 bits per heavy atom. The molecule has 4 heteroatoms. The molecule has 0 fully saturated rings. The average molecular weight is 361 g/mol. The van der Waals surface area contributed by atoms with Gasteiger partial charge >= 0.3 is 0 Å². The molecule has 0 bridgehead atoms. The van der Waals surface area contributed by atoms with E-state index < -0.39 is 0 Å². The predicted octanol–water partition coefficient (Wildman–Crippen LogP) is 2.90. The lowest BCUT2D eigenvalue weighted by atomic mass is 9.85. The molecular formula is C14H24IN3. The number of halogens is 1. The van der Waals surface area contributed by atoms with E-state index in [1.54, 1.807) is 0 Å². The van der Waals surface area contributed by atoms with Gasteiger partial charge in [-0.05, 0) is 12.0 Å². The van der Waals surface area contributed by atoms with Crippen LogP contribution in [-0.4, -0.2) is 19.0 Å². The van der Waals surface area contributed by atoms with Gasteiger partial charge in [-0.15, -0.1) is 24.0 Å². The number of benzene rings is 1. The van der Waals surface area contributed by atoms with Crippen molar-refractivity contribution in [1.29, 1.82) is 0 Å². The zero-order valence-corrected chi connectivity index (χ0v) is 13.8. The monoisotopic (exact) mass is 361 g/mol. The van der Waals surface area contributed by atoms with Crippen LogP contribution in [0.1, 0.15) is 32.8 Å². The van der Waals surface area contributed by atoms with E-state index in [-0.39, 0.29) is 29.4 Å². The Kier molecular flexibility index (Phi) is 7.98. The van der Waals surface area contributed by atoms with Crippen molar-refractivity contribution in [3.05, 3.63) is 35.9 Å². The molecule has 0 atom stereocenters. The summed E-state index contributed by atoms with van der Waals surface area (Å²) in [7, 11) is 0. The Morgan fingerprint density at radius 1 is 1.28 bits per heavy atom. The Balaban J connectivity index is 0.00000289. The summed E-state index contributed by atoms with van der Waals surface area (Å²) in [5.74, 6) is 0.538. The lowest BCUT2D eigenvalue weighted by Gasteiger charge is -2.23. The highest BCUT2D eigenvalue weighted by molar-refractivity contribution is 14.0. The van der Waals surface area contributed by atoms with E-state index >= 15 is 0 Å². The number of guanidine groups is 1. The highest BCUT2D eigenvalue weighted by Gasteiger charge is 2.19. The zero-order valence-electron chi connectivity index (χ0n) is 11.4. The molecule has 0 aliphatic rings. The summed E-state index contributed by atoms with van der Waals surface area (Å²) >= 11 is 0. The fourth-order valence-electron chi connectivity index (χ4n) is 1.57. The maximum absolute atomic E-state index is 5.78. The fourth-order valence-corrected chi connectivity index (χ4v) is 1.57. The van der Waals surface area contributed by atoms with Gasteiger partial charge < -0.3 is 11.1 Å². The van der Waals surface area contributed by atoms with Crippen molar-refractivity contribution >= 4 is 29.9 Å². The molecule has 1 aromatic carbocycles. The van der Waals surface area contributed by atoms with Crippen molar-refractivity contribution in [1.82, 2.24) is 5.32 Å². The number of nitrogens with one attached hydrogen (secondary N) is 1. The molecule has 0 saturated carbocycles. The van der Waals surface area contributed by atoms with Gasteiger partial charge in [-0.3, -0.25) is 4.99 Å².